The summed E-state index contributed by atoms with van der Waals surface area (Å²) in [5.41, 5.74) is 3.71. The lowest BCUT2D eigenvalue weighted by molar-refractivity contribution is 0.912. The van der Waals surface area contributed by atoms with Gasteiger partial charge in [-0.3, -0.25) is 0 Å². The topological polar surface area (TPSA) is 0 Å². The van der Waals surface area contributed by atoms with Crippen LogP contribution in [0.25, 0.3) is 0 Å². The van der Waals surface area contributed by atoms with Crippen LogP contribution in [0.1, 0.15) is 22.1 Å². The van der Waals surface area contributed by atoms with E-state index >= 15 is 0 Å². The van der Waals surface area contributed by atoms with Crippen molar-refractivity contribution in [2.45, 2.75) is 18.7 Å². The van der Waals surface area contributed by atoms with E-state index < -0.39 is 0 Å². The fourth-order valence-electron chi connectivity index (χ4n) is 1.91. The number of rotatable bonds is 3. The molecule has 0 spiro atoms. The van der Waals surface area contributed by atoms with Gasteiger partial charge in [0.05, 0.1) is 5.38 Å². The first-order valence-electron chi connectivity index (χ1n) is 5.71. The maximum Gasteiger partial charge on any atom is 0.0636 e. The standard InChI is InChI=1S/C15H13BrClI/c1-10-3-2-4-11(7-10)8-15(17)13-9-12(18)5-6-14(13)16/h2-7,9,15H,8H2,1H3. The second-order valence-corrected chi connectivity index (χ2v) is 6.95. The Balaban J connectivity index is 2.21. The molecule has 0 nitrogen and oxygen atoms in total. The van der Waals surface area contributed by atoms with Crippen molar-refractivity contribution in [3.8, 4) is 0 Å². The molecular weight excluding hydrogens is 422 g/mol. The number of aryl methyl sites for hydroxylation is 1. The molecule has 0 heterocycles. The fourth-order valence-corrected chi connectivity index (χ4v) is 3.44. The molecule has 94 valence electrons. The van der Waals surface area contributed by atoms with Crippen LogP contribution >= 0.6 is 50.1 Å². The van der Waals surface area contributed by atoms with Crippen molar-refractivity contribution < 1.29 is 0 Å². The molecule has 0 aliphatic heterocycles. The van der Waals surface area contributed by atoms with Crippen molar-refractivity contribution in [2.75, 3.05) is 0 Å². The Morgan fingerprint density at radius 1 is 1.22 bits per heavy atom. The monoisotopic (exact) mass is 434 g/mol. The van der Waals surface area contributed by atoms with Crippen LogP contribution in [-0.4, -0.2) is 0 Å². The minimum Gasteiger partial charge on any atom is -0.117 e. The van der Waals surface area contributed by atoms with Gasteiger partial charge < -0.3 is 0 Å². The van der Waals surface area contributed by atoms with Crippen molar-refractivity contribution in [3.63, 3.8) is 0 Å². The summed E-state index contributed by atoms with van der Waals surface area (Å²) in [7, 11) is 0. The van der Waals surface area contributed by atoms with Gasteiger partial charge in [-0.05, 0) is 65.3 Å². The normalized spacial score (nSPS) is 12.4. The maximum absolute atomic E-state index is 6.54. The molecular formula is C15H13BrClI. The van der Waals surface area contributed by atoms with Crippen LogP contribution in [0.3, 0.4) is 0 Å². The molecule has 18 heavy (non-hydrogen) atoms. The van der Waals surface area contributed by atoms with Crippen molar-refractivity contribution in [1.29, 1.82) is 0 Å². The van der Waals surface area contributed by atoms with Crippen molar-refractivity contribution in [1.82, 2.24) is 0 Å². The van der Waals surface area contributed by atoms with Crippen LogP contribution < -0.4 is 0 Å². The fraction of sp³-hybridized carbons (Fsp3) is 0.200. The van der Waals surface area contributed by atoms with E-state index in [0.29, 0.717) is 0 Å². The molecule has 2 aromatic carbocycles. The Labute approximate surface area is 135 Å². The zero-order valence-electron chi connectivity index (χ0n) is 9.96. The quantitative estimate of drug-likeness (QED) is 0.417. The van der Waals surface area contributed by atoms with Crippen LogP contribution in [0.4, 0.5) is 0 Å². The van der Waals surface area contributed by atoms with Crippen LogP contribution in [0.15, 0.2) is 46.9 Å². The summed E-state index contributed by atoms with van der Waals surface area (Å²) < 4.78 is 2.29. The van der Waals surface area contributed by atoms with Gasteiger partial charge in [0.1, 0.15) is 0 Å². The van der Waals surface area contributed by atoms with E-state index in [9.17, 15) is 0 Å². The van der Waals surface area contributed by atoms with Gasteiger partial charge in [0, 0.05) is 8.04 Å². The average molecular weight is 436 g/mol. The van der Waals surface area contributed by atoms with Gasteiger partial charge in [-0.1, -0.05) is 45.8 Å². The molecule has 2 rings (SSSR count). The first-order valence-corrected chi connectivity index (χ1v) is 8.01. The molecule has 0 aliphatic carbocycles. The summed E-state index contributed by atoms with van der Waals surface area (Å²) in [4.78, 5) is 0. The largest absolute Gasteiger partial charge is 0.117 e. The SMILES string of the molecule is Cc1cccc(CC(Cl)c2cc(I)ccc2Br)c1. The summed E-state index contributed by atoms with van der Waals surface area (Å²) >= 11 is 12.4. The highest BCUT2D eigenvalue weighted by Gasteiger charge is 2.13. The van der Waals surface area contributed by atoms with E-state index in [2.05, 4.69) is 87.9 Å². The molecule has 0 saturated carbocycles. The molecule has 0 saturated heterocycles. The second kappa shape index (κ2) is 6.40. The maximum atomic E-state index is 6.54. The Kier molecular flexibility index (Phi) is 5.10. The molecule has 0 N–H and O–H groups in total. The number of hydrogen-bond donors (Lipinski definition) is 0. The summed E-state index contributed by atoms with van der Waals surface area (Å²) in [5, 5.41) is -0.00380. The second-order valence-electron chi connectivity index (χ2n) is 4.33. The molecule has 0 aliphatic rings. The zero-order valence-corrected chi connectivity index (χ0v) is 14.5. The molecule has 0 fully saturated rings. The molecule has 0 bridgehead atoms. The lowest BCUT2D eigenvalue weighted by Crippen LogP contribution is -1.98. The number of hydrogen-bond acceptors (Lipinski definition) is 0. The van der Waals surface area contributed by atoms with Crippen LogP contribution in [0.5, 0.6) is 0 Å². The lowest BCUT2D eigenvalue weighted by Gasteiger charge is -2.13. The predicted molar refractivity (Wildman–Crippen MR) is 90.3 cm³/mol. The average Bonchev–Trinajstić information content (AvgIpc) is 2.32. The minimum atomic E-state index is -0.00380. The van der Waals surface area contributed by atoms with Crippen molar-refractivity contribution in [2.24, 2.45) is 0 Å². The highest BCUT2D eigenvalue weighted by atomic mass is 127. The first kappa shape index (κ1) is 14.4. The van der Waals surface area contributed by atoms with E-state index in [1.807, 2.05) is 0 Å². The zero-order chi connectivity index (χ0) is 13.1. The van der Waals surface area contributed by atoms with Crippen molar-refractivity contribution >= 4 is 50.1 Å². The minimum absolute atomic E-state index is 0.00380. The summed E-state index contributed by atoms with van der Waals surface area (Å²) in [6.45, 7) is 2.11. The number of halogens is 3. The molecule has 0 radical (unpaired) electrons. The highest BCUT2D eigenvalue weighted by molar-refractivity contribution is 14.1. The summed E-state index contributed by atoms with van der Waals surface area (Å²) in [6.07, 6.45) is 0.849. The smallest absolute Gasteiger partial charge is 0.0636 e. The van der Waals surface area contributed by atoms with Crippen LogP contribution in [0, 0.1) is 10.5 Å². The Morgan fingerprint density at radius 3 is 2.72 bits per heavy atom. The van der Waals surface area contributed by atoms with E-state index in [-0.39, 0.29) is 5.38 Å². The van der Waals surface area contributed by atoms with Gasteiger partial charge in [-0.15, -0.1) is 11.6 Å². The van der Waals surface area contributed by atoms with E-state index in [1.54, 1.807) is 0 Å². The van der Waals surface area contributed by atoms with Gasteiger partial charge in [-0.2, -0.15) is 0 Å². The molecule has 0 amide bonds. The van der Waals surface area contributed by atoms with Crippen LogP contribution in [-0.2, 0) is 6.42 Å². The number of alkyl halides is 1. The van der Waals surface area contributed by atoms with Gasteiger partial charge in [0.2, 0.25) is 0 Å². The summed E-state index contributed by atoms with van der Waals surface area (Å²) in [5.74, 6) is 0. The third-order valence-corrected chi connectivity index (χ3v) is 4.58. The van der Waals surface area contributed by atoms with Gasteiger partial charge >= 0.3 is 0 Å². The van der Waals surface area contributed by atoms with Gasteiger partial charge in [0.15, 0.2) is 0 Å². The van der Waals surface area contributed by atoms with E-state index in [0.717, 1.165) is 16.5 Å². The molecule has 1 atom stereocenters. The Hall–Kier alpha value is -0.0600. The Morgan fingerprint density at radius 2 is 2.00 bits per heavy atom. The molecule has 2 aromatic rings. The Bertz CT molecular complexity index is 554. The molecule has 1 unspecified atom stereocenters. The lowest BCUT2D eigenvalue weighted by atomic mass is 10.0. The highest BCUT2D eigenvalue weighted by Crippen LogP contribution is 2.32. The predicted octanol–water partition coefficient (Wildman–Crippen LogP) is 5.88. The van der Waals surface area contributed by atoms with Crippen molar-refractivity contribution in [3.05, 3.63) is 67.2 Å². The third-order valence-electron chi connectivity index (χ3n) is 2.79. The van der Waals surface area contributed by atoms with E-state index in [4.69, 9.17) is 11.6 Å². The first-order chi connectivity index (χ1) is 8.56. The summed E-state index contributed by atoms with van der Waals surface area (Å²) in [6, 6.07) is 14.8. The molecule has 3 heteroatoms. The number of benzene rings is 2. The molecule has 0 aromatic heterocycles. The third kappa shape index (κ3) is 3.72. The van der Waals surface area contributed by atoms with Gasteiger partial charge in [0.25, 0.3) is 0 Å². The van der Waals surface area contributed by atoms with Crippen LogP contribution in [0.2, 0.25) is 0 Å². The van der Waals surface area contributed by atoms with Gasteiger partial charge in [-0.25, -0.2) is 0 Å². The van der Waals surface area contributed by atoms with E-state index in [1.165, 1.54) is 14.7 Å².